The van der Waals surface area contributed by atoms with E-state index in [0.29, 0.717) is 26.2 Å². The standard InChI is InChI=1S/C20H28FN3O4/c1-23(13-19(25)26)11-18-12-24(7-8-28-18)20(27)22-17-6-5-15(10-17)14-3-2-4-16(21)9-14/h2-4,9,15,17-18H,5-8,10-13H2,1H3,(H,22,27)(H,25,26). The van der Waals surface area contributed by atoms with Crippen molar-refractivity contribution in [1.29, 1.82) is 0 Å². The summed E-state index contributed by atoms with van der Waals surface area (Å²) in [6.07, 6.45) is 2.42. The largest absolute Gasteiger partial charge is 0.480 e. The highest BCUT2D eigenvalue weighted by atomic mass is 19.1. The topological polar surface area (TPSA) is 82.1 Å². The second kappa shape index (κ2) is 9.34. The Bertz CT molecular complexity index is 702. The van der Waals surface area contributed by atoms with E-state index in [1.54, 1.807) is 29.0 Å². The van der Waals surface area contributed by atoms with Gasteiger partial charge in [0.25, 0.3) is 0 Å². The molecule has 28 heavy (non-hydrogen) atoms. The van der Waals surface area contributed by atoms with Crippen LogP contribution in [0.4, 0.5) is 9.18 Å². The van der Waals surface area contributed by atoms with Crippen LogP contribution in [0.25, 0.3) is 0 Å². The van der Waals surface area contributed by atoms with Crippen molar-refractivity contribution in [2.24, 2.45) is 0 Å². The van der Waals surface area contributed by atoms with Gasteiger partial charge in [0.1, 0.15) is 5.82 Å². The summed E-state index contributed by atoms with van der Waals surface area (Å²) in [5.41, 5.74) is 0.990. The number of carbonyl (C=O) groups excluding carboxylic acids is 1. The number of hydrogen-bond donors (Lipinski definition) is 2. The van der Waals surface area contributed by atoms with Gasteiger partial charge in [-0.1, -0.05) is 12.1 Å². The highest BCUT2D eigenvalue weighted by Crippen LogP contribution is 2.34. The summed E-state index contributed by atoms with van der Waals surface area (Å²) in [4.78, 5) is 26.8. The van der Waals surface area contributed by atoms with Crippen LogP contribution in [0, 0.1) is 5.82 Å². The van der Waals surface area contributed by atoms with Crippen molar-refractivity contribution >= 4 is 12.0 Å². The third-order valence-corrected chi connectivity index (χ3v) is 5.43. The molecule has 8 heteroatoms. The van der Waals surface area contributed by atoms with Gasteiger partial charge in [0.15, 0.2) is 0 Å². The number of aliphatic carboxylic acids is 1. The number of urea groups is 1. The Morgan fingerprint density at radius 3 is 2.96 bits per heavy atom. The van der Waals surface area contributed by atoms with Gasteiger partial charge in [-0.3, -0.25) is 9.69 Å². The smallest absolute Gasteiger partial charge is 0.317 e. The number of carbonyl (C=O) groups is 2. The molecule has 0 bridgehead atoms. The zero-order chi connectivity index (χ0) is 20.1. The van der Waals surface area contributed by atoms with Crippen molar-refractivity contribution in [2.75, 3.05) is 39.8 Å². The Balaban J connectivity index is 1.47. The van der Waals surface area contributed by atoms with E-state index >= 15 is 0 Å². The predicted molar refractivity (Wildman–Crippen MR) is 102 cm³/mol. The fourth-order valence-electron chi connectivity index (χ4n) is 4.10. The van der Waals surface area contributed by atoms with Crippen LogP contribution >= 0.6 is 0 Å². The Morgan fingerprint density at radius 1 is 1.39 bits per heavy atom. The van der Waals surface area contributed by atoms with Crippen LogP contribution in [0.1, 0.15) is 30.7 Å². The molecule has 2 fully saturated rings. The molecule has 1 saturated heterocycles. The quantitative estimate of drug-likeness (QED) is 0.771. The molecule has 2 aliphatic rings. The molecule has 1 heterocycles. The molecule has 1 aromatic rings. The van der Waals surface area contributed by atoms with Gasteiger partial charge in [-0.15, -0.1) is 0 Å². The molecular weight excluding hydrogens is 365 g/mol. The zero-order valence-corrected chi connectivity index (χ0v) is 16.1. The lowest BCUT2D eigenvalue weighted by atomic mass is 9.97. The van der Waals surface area contributed by atoms with E-state index < -0.39 is 5.97 Å². The average Bonchev–Trinajstić information content (AvgIpc) is 3.09. The normalized spacial score (nSPS) is 25.1. The van der Waals surface area contributed by atoms with E-state index in [-0.39, 0.29) is 36.5 Å². The van der Waals surface area contributed by atoms with Crippen LogP contribution in [0.5, 0.6) is 0 Å². The number of amides is 2. The van der Waals surface area contributed by atoms with Crippen LogP contribution in [-0.2, 0) is 9.53 Å². The Hall–Kier alpha value is -2.19. The predicted octanol–water partition coefficient (Wildman–Crippen LogP) is 1.89. The molecule has 154 valence electrons. The molecule has 0 aromatic heterocycles. The lowest BCUT2D eigenvalue weighted by Gasteiger charge is -2.35. The third kappa shape index (κ3) is 5.65. The van der Waals surface area contributed by atoms with Crippen LogP contribution in [0.3, 0.4) is 0 Å². The van der Waals surface area contributed by atoms with E-state index in [4.69, 9.17) is 9.84 Å². The lowest BCUT2D eigenvalue weighted by molar-refractivity contribution is -0.138. The fourth-order valence-corrected chi connectivity index (χ4v) is 4.10. The highest BCUT2D eigenvalue weighted by Gasteiger charge is 2.30. The molecule has 3 unspecified atom stereocenters. The Kier molecular flexibility index (Phi) is 6.85. The second-order valence-electron chi connectivity index (χ2n) is 7.74. The Labute approximate surface area is 164 Å². The molecule has 2 amide bonds. The number of nitrogens with zero attached hydrogens (tertiary/aromatic N) is 2. The van der Waals surface area contributed by atoms with Gasteiger partial charge in [-0.05, 0) is 49.9 Å². The zero-order valence-electron chi connectivity index (χ0n) is 16.1. The first-order valence-electron chi connectivity index (χ1n) is 9.73. The van der Waals surface area contributed by atoms with Crippen molar-refractivity contribution in [3.8, 4) is 0 Å². The third-order valence-electron chi connectivity index (χ3n) is 5.43. The number of benzene rings is 1. The number of ether oxygens (including phenoxy) is 1. The van der Waals surface area contributed by atoms with Crippen LogP contribution in [-0.4, -0.2) is 78.9 Å². The van der Waals surface area contributed by atoms with Gasteiger partial charge in [-0.2, -0.15) is 0 Å². The molecule has 3 atom stereocenters. The average molecular weight is 393 g/mol. The van der Waals surface area contributed by atoms with Gasteiger partial charge in [0.05, 0.1) is 19.3 Å². The lowest BCUT2D eigenvalue weighted by Crippen LogP contribution is -2.53. The summed E-state index contributed by atoms with van der Waals surface area (Å²) in [6, 6.07) is 6.66. The molecule has 1 aliphatic carbocycles. The minimum Gasteiger partial charge on any atom is -0.480 e. The van der Waals surface area contributed by atoms with Crippen molar-refractivity contribution in [2.45, 2.75) is 37.3 Å². The molecule has 3 rings (SSSR count). The van der Waals surface area contributed by atoms with Gasteiger partial charge in [0, 0.05) is 25.7 Å². The molecule has 1 saturated carbocycles. The number of carboxylic acids is 1. The molecule has 1 aromatic carbocycles. The number of carboxylic acid groups (broad SMARTS) is 1. The summed E-state index contributed by atoms with van der Waals surface area (Å²) in [6.45, 7) is 1.80. The van der Waals surface area contributed by atoms with Crippen molar-refractivity contribution < 1.29 is 23.8 Å². The number of nitrogens with one attached hydrogen (secondary N) is 1. The van der Waals surface area contributed by atoms with Gasteiger partial charge in [-0.25, -0.2) is 9.18 Å². The van der Waals surface area contributed by atoms with Gasteiger partial charge < -0.3 is 20.1 Å². The van der Waals surface area contributed by atoms with E-state index in [1.807, 2.05) is 6.07 Å². The van der Waals surface area contributed by atoms with Crippen molar-refractivity contribution in [1.82, 2.24) is 15.1 Å². The van der Waals surface area contributed by atoms with Crippen molar-refractivity contribution in [3.63, 3.8) is 0 Å². The molecule has 7 nitrogen and oxygen atoms in total. The molecule has 2 N–H and O–H groups in total. The van der Waals surface area contributed by atoms with E-state index in [1.165, 1.54) is 6.07 Å². The second-order valence-corrected chi connectivity index (χ2v) is 7.74. The van der Waals surface area contributed by atoms with Crippen LogP contribution in [0.2, 0.25) is 0 Å². The molecule has 0 radical (unpaired) electrons. The summed E-state index contributed by atoms with van der Waals surface area (Å²) in [5.74, 6) is -0.845. The maximum absolute atomic E-state index is 13.4. The SMILES string of the molecule is CN(CC(=O)O)CC1CN(C(=O)NC2CCC(c3cccc(F)c3)C2)CCO1. The number of likely N-dealkylation sites (N-methyl/N-ethyl adjacent to an activating group) is 1. The summed E-state index contributed by atoms with van der Waals surface area (Å²) in [7, 11) is 1.72. The maximum atomic E-state index is 13.4. The molecule has 1 aliphatic heterocycles. The first kappa shape index (κ1) is 20.5. The maximum Gasteiger partial charge on any atom is 0.317 e. The van der Waals surface area contributed by atoms with Crippen molar-refractivity contribution in [3.05, 3.63) is 35.6 Å². The van der Waals surface area contributed by atoms with Crippen LogP contribution < -0.4 is 5.32 Å². The van der Waals surface area contributed by atoms with Gasteiger partial charge >= 0.3 is 12.0 Å². The number of hydrogen-bond acceptors (Lipinski definition) is 4. The molecule has 0 spiro atoms. The minimum absolute atomic E-state index is 0.0599. The first-order chi connectivity index (χ1) is 13.4. The monoisotopic (exact) mass is 393 g/mol. The van der Waals surface area contributed by atoms with E-state index in [2.05, 4.69) is 5.32 Å². The van der Waals surface area contributed by atoms with Crippen LogP contribution in [0.15, 0.2) is 24.3 Å². The summed E-state index contributed by atoms with van der Waals surface area (Å²) < 4.78 is 19.1. The first-order valence-corrected chi connectivity index (χ1v) is 9.73. The highest BCUT2D eigenvalue weighted by molar-refractivity contribution is 5.74. The van der Waals surface area contributed by atoms with Gasteiger partial charge in [0.2, 0.25) is 0 Å². The number of rotatable bonds is 6. The summed E-state index contributed by atoms with van der Waals surface area (Å²) in [5, 5.41) is 12.0. The number of morpholine rings is 1. The Morgan fingerprint density at radius 2 is 2.21 bits per heavy atom. The van der Waals surface area contributed by atoms with E-state index in [0.717, 1.165) is 24.8 Å². The molecular formula is C20H28FN3O4. The number of halogens is 1. The minimum atomic E-state index is -0.887. The summed E-state index contributed by atoms with van der Waals surface area (Å²) >= 11 is 0. The fraction of sp³-hybridized carbons (Fsp3) is 0.600. The van der Waals surface area contributed by atoms with E-state index in [9.17, 15) is 14.0 Å².